The van der Waals surface area contributed by atoms with E-state index in [0.717, 1.165) is 6.07 Å². The van der Waals surface area contributed by atoms with E-state index in [1.54, 1.807) is 0 Å². The third-order valence-electron chi connectivity index (χ3n) is 3.09. The molecule has 0 fully saturated rings. The summed E-state index contributed by atoms with van der Waals surface area (Å²) in [6.07, 6.45) is 0. The monoisotopic (exact) mass is 348 g/mol. The van der Waals surface area contributed by atoms with E-state index in [2.05, 4.69) is 4.74 Å². The molecular formula is C15H9F5O4. The van der Waals surface area contributed by atoms with Crippen LogP contribution in [0.15, 0.2) is 18.2 Å². The van der Waals surface area contributed by atoms with E-state index in [1.165, 1.54) is 19.2 Å². The van der Waals surface area contributed by atoms with E-state index >= 15 is 0 Å². The molecule has 0 aliphatic carbocycles. The second-order valence-electron chi connectivity index (χ2n) is 4.48. The molecule has 0 heterocycles. The fourth-order valence-corrected chi connectivity index (χ4v) is 1.84. The SMILES string of the molecule is COc1cccc(C(=O)OCc2c(F)c(F)c(F)c(F)c2F)c1O. The summed E-state index contributed by atoms with van der Waals surface area (Å²) in [6.45, 7) is -1.22. The van der Waals surface area contributed by atoms with Crippen LogP contribution in [0.25, 0.3) is 0 Å². The second-order valence-corrected chi connectivity index (χ2v) is 4.48. The van der Waals surface area contributed by atoms with Crippen molar-refractivity contribution < 1.29 is 41.3 Å². The van der Waals surface area contributed by atoms with Gasteiger partial charge >= 0.3 is 5.97 Å². The highest BCUT2D eigenvalue weighted by Crippen LogP contribution is 2.30. The number of halogens is 5. The van der Waals surface area contributed by atoms with Crippen molar-refractivity contribution in [3.8, 4) is 11.5 Å². The van der Waals surface area contributed by atoms with E-state index in [0.29, 0.717) is 0 Å². The summed E-state index contributed by atoms with van der Waals surface area (Å²) in [5.41, 5.74) is -1.71. The number of phenolic OH excluding ortho intramolecular Hbond substituents is 1. The predicted octanol–water partition coefficient (Wildman–Crippen LogP) is 3.45. The van der Waals surface area contributed by atoms with Crippen molar-refractivity contribution >= 4 is 5.97 Å². The van der Waals surface area contributed by atoms with E-state index in [9.17, 15) is 31.9 Å². The van der Waals surface area contributed by atoms with Crippen molar-refractivity contribution in [1.29, 1.82) is 0 Å². The van der Waals surface area contributed by atoms with E-state index < -0.39 is 58.5 Å². The molecule has 0 aliphatic rings. The minimum Gasteiger partial charge on any atom is -0.504 e. The zero-order valence-corrected chi connectivity index (χ0v) is 12.0. The van der Waals surface area contributed by atoms with Gasteiger partial charge in [-0.15, -0.1) is 0 Å². The van der Waals surface area contributed by atoms with E-state index in [4.69, 9.17) is 4.74 Å². The number of hydrogen-bond acceptors (Lipinski definition) is 4. The molecule has 1 N–H and O–H groups in total. The van der Waals surface area contributed by atoms with Crippen molar-refractivity contribution in [2.45, 2.75) is 6.61 Å². The average Bonchev–Trinajstić information content (AvgIpc) is 2.58. The highest BCUT2D eigenvalue weighted by atomic mass is 19.2. The van der Waals surface area contributed by atoms with Crippen LogP contribution in [0.1, 0.15) is 15.9 Å². The molecule has 0 bridgehead atoms. The first-order valence-corrected chi connectivity index (χ1v) is 6.33. The molecule has 0 amide bonds. The number of carbonyl (C=O) groups excluding carboxylic acids is 1. The quantitative estimate of drug-likeness (QED) is 0.398. The summed E-state index contributed by atoms with van der Waals surface area (Å²) in [6, 6.07) is 3.78. The van der Waals surface area contributed by atoms with Gasteiger partial charge in [0.15, 0.2) is 34.8 Å². The molecule has 4 nitrogen and oxygen atoms in total. The Bertz CT molecular complexity index is 778. The van der Waals surface area contributed by atoms with Gasteiger partial charge in [-0.25, -0.2) is 26.7 Å². The minimum absolute atomic E-state index is 0.0688. The van der Waals surface area contributed by atoms with Gasteiger partial charge in [-0.05, 0) is 12.1 Å². The molecule has 0 aromatic heterocycles. The van der Waals surface area contributed by atoms with Gasteiger partial charge in [0.2, 0.25) is 5.82 Å². The van der Waals surface area contributed by atoms with Crippen molar-refractivity contribution in [2.75, 3.05) is 7.11 Å². The molecule has 0 radical (unpaired) electrons. The highest BCUT2D eigenvalue weighted by molar-refractivity contribution is 5.93. The topological polar surface area (TPSA) is 55.8 Å². The smallest absolute Gasteiger partial charge is 0.342 e. The van der Waals surface area contributed by atoms with E-state index in [-0.39, 0.29) is 5.75 Å². The van der Waals surface area contributed by atoms with Crippen molar-refractivity contribution in [3.63, 3.8) is 0 Å². The lowest BCUT2D eigenvalue weighted by Gasteiger charge is -2.11. The molecule has 0 aliphatic heterocycles. The van der Waals surface area contributed by atoms with Crippen LogP contribution in [0.4, 0.5) is 22.0 Å². The summed E-state index contributed by atoms with van der Waals surface area (Å²) in [4.78, 5) is 11.8. The summed E-state index contributed by atoms with van der Waals surface area (Å²) in [5, 5.41) is 9.75. The molecule has 128 valence electrons. The fraction of sp³-hybridized carbons (Fsp3) is 0.133. The molecule has 0 unspecified atom stereocenters. The maximum Gasteiger partial charge on any atom is 0.342 e. The summed E-state index contributed by atoms with van der Waals surface area (Å²) in [7, 11) is 1.22. The number of rotatable bonds is 4. The minimum atomic E-state index is -2.31. The van der Waals surface area contributed by atoms with Gasteiger partial charge in [0.1, 0.15) is 12.2 Å². The van der Waals surface area contributed by atoms with Crippen LogP contribution >= 0.6 is 0 Å². The summed E-state index contributed by atoms with van der Waals surface area (Å²) < 4.78 is 75.2. The van der Waals surface area contributed by atoms with Gasteiger partial charge < -0.3 is 14.6 Å². The van der Waals surface area contributed by atoms with Crippen LogP contribution in [-0.2, 0) is 11.3 Å². The Kier molecular flexibility index (Phi) is 4.91. The van der Waals surface area contributed by atoms with Gasteiger partial charge in [-0.3, -0.25) is 0 Å². The van der Waals surface area contributed by atoms with Crippen LogP contribution in [-0.4, -0.2) is 18.2 Å². The normalized spacial score (nSPS) is 10.6. The Balaban J connectivity index is 2.28. The average molecular weight is 348 g/mol. The molecule has 0 saturated carbocycles. The Morgan fingerprint density at radius 3 is 2.08 bits per heavy atom. The van der Waals surface area contributed by atoms with Crippen LogP contribution in [0.2, 0.25) is 0 Å². The maximum atomic E-state index is 13.5. The van der Waals surface area contributed by atoms with Gasteiger partial charge in [0.25, 0.3) is 0 Å². The number of esters is 1. The Morgan fingerprint density at radius 2 is 1.54 bits per heavy atom. The standard InChI is InChI=1S/C15H9F5O4/c1-23-8-4-2-3-6(14(8)21)15(22)24-5-7-9(16)11(18)13(20)12(19)10(7)17/h2-4,21H,5H2,1H3. The maximum absolute atomic E-state index is 13.5. The summed E-state index contributed by atoms with van der Waals surface area (Å²) >= 11 is 0. The number of phenols is 1. The largest absolute Gasteiger partial charge is 0.504 e. The van der Waals surface area contributed by atoms with Gasteiger partial charge in [0, 0.05) is 0 Å². The molecule has 24 heavy (non-hydrogen) atoms. The molecule has 2 rings (SSSR count). The fourth-order valence-electron chi connectivity index (χ4n) is 1.84. The molecule has 0 saturated heterocycles. The Hall–Kier alpha value is -2.84. The number of ether oxygens (including phenoxy) is 2. The van der Waals surface area contributed by atoms with Gasteiger partial charge in [0.05, 0.1) is 12.7 Å². The molecular weight excluding hydrogens is 339 g/mol. The zero-order valence-electron chi connectivity index (χ0n) is 12.0. The number of para-hydroxylation sites is 1. The molecule has 9 heteroatoms. The Morgan fingerprint density at radius 1 is 1.00 bits per heavy atom. The number of benzene rings is 2. The van der Waals surface area contributed by atoms with Crippen molar-refractivity contribution in [1.82, 2.24) is 0 Å². The first-order valence-electron chi connectivity index (χ1n) is 6.33. The van der Waals surface area contributed by atoms with Crippen LogP contribution < -0.4 is 4.74 Å². The van der Waals surface area contributed by atoms with Crippen LogP contribution in [0, 0.1) is 29.1 Å². The summed E-state index contributed by atoms with van der Waals surface area (Å²) in [5.74, 6) is -12.7. The molecule has 2 aromatic carbocycles. The lowest BCUT2D eigenvalue weighted by atomic mass is 10.1. The number of hydrogen-bond donors (Lipinski definition) is 1. The second kappa shape index (κ2) is 6.73. The predicted molar refractivity (Wildman–Crippen MR) is 70.0 cm³/mol. The number of carbonyl (C=O) groups is 1. The van der Waals surface area contributed by atoms with Gasteiger partial charge in [-0.1, -0.05) is 6.07 Å². The molecule has 0 atom stereocenters. The molecule has 0 spiro atoms. The first-order chi connectivity index (χ1) is 11.3. The van der Waals surface area contributed by atoms with E-state index in [1.807, 2.05) is 0 Å². The third-order valence-corrected chi connectivity index (χ3v) is 3.09. The van der Waals surface area contributed by atoms with Crippen molar-refractivity contribution in [2.24, 2.45) is 0 Å². The Labute approximate surface area is 132 Å². The van der Waals surface area contributed by atoms with Gasteiger partial charge in [-0.2, -0.15) is 0 Å². The third kappa shape index (κ3) is 2.97. The lowest BCUT2D eigenvalue weighted by Crippen LogP contribution is -2.12. The van der Waals surface area contributed by atoms with Crippen LogP contribution in [0.5, 0.6) is 11.5 Å². The highest BCUT2D eigenvalue weighted by Gasteiger charge is 2.27. The van der Waals surface area contributed by atoms with Crippen molar-refractivity contribution in [3.05, 3.63) is 58.4 Å². The zero-order chi connectivity index (χ0) is 18.0. The number of aromatic hydroxyl groups is 1. The first kappa shape index (κ1) is 17.5. The molecule has 2 aromatic rings. The lowest BCUT2D eigenvalue weighted by molar-refractivity contribution is 0.0458. The number of methoxy groups -OCH3 is 1. The van der Waals surface area contributed by atoms with Crippen LogP contribution in [0.3, 0.4) is 0 Å².